The summed E-state index contributed by atoms with van der Waals surface area (Å²) >= 11 is 3.34. The Morgan fingerprint density at radius 2 is 2.00 bits per heavy atom. The lowest BCUT2D eigenvalue weighted by Gasteiger charge is -2.33. The van der Waals surface area contributed by atoms with Crippen LogP contribution >= 0.6 is 22.7 Å². The van der Waals surface area contributed by atoms with Crippen molar-refractivity contribution in [2.75, 3.05) is 13.2 Å². The van der Waals surface area contributed by atoms with Gasteiger partial charge in [0, 0.05) is 35.1 Å². The van der Waals surface area contributed by atoms with Crippen molar-refractivity contribution in [3.05, 3.63) is 50.9 Å². The molecule has 1 amide bonds. The van der Waals surface area contributed by atoms with Crippen LogP contribution in [0.3, 0.4) is 0 Å². The third-order valence-corrected chi connectivity index (χ3v) is 5.45. The fraction of sp³-hybridized carbons (Fsp3) is 0.353. The van der Waals surface area contributed by atoms with Crippen LogP contribution in [0.1, 0.15) is 22.6 Å². The fourth-order valence-corrected chi connectivity index (χ4v) is 3.91. The number of ether oxygens (including phenoxy) is 1. The third kappa shape index (κ3) is 4.06. The highest BCUT2D eigenvalue weighted by Gasteiger charge is 2.24. The van der Waals surface area contributed by atoms with Crippen molar-refractivity contribution in [2.45, 2.75) is 25.4 Å². The van der Waals surface area contributed by atoms with Crippen LogP contribution in [0.2, 0.25) is 0 Å². The van der Waals surface area contributed by atoms with Crippen LogP contribution in [0, 0.1) is 0 Å². The molecule has 0 saturated carbocycles. The van der Waals surface area contributed by atoms with Gasteiger partial charge in [-0.25, -0.2) is 0 Å². The predicted octanol–water partition coefficient (Wildman–Crippen LogP) is 4.03. The van der Waals surface area contributed by atoms with E-state index in [0.29, 0.717) is 6.54 Å². The SMILES string of the molecule is O=C(/C=C/c1cccs1)N(Cc1cccs1)C1CCOCC1. The zero-order valence-corrected chi connectivity index (χ0v) is 13.9. The molecule has 0 radical (unpaired) electrons. The average Bonchev–Trinajstić information content (AvgIpc) is 3.24. The Balaban J connectivity index is 1.72. The van der Waals surface area contributed by atoms with Crippen molar-refractivity contribution in [2.24, 2.45) is 0 Å². The zero-order valence-electron chi connectivity index (χ0n) is 12.3. The molecule has 116 valence electrons. The summed E-state index contributed by atoms with van der Waals surface area (Å²) < 4.78 is 5.43. The Labute approximate surface area is 138 Å². The second-order valence-corrected chi connectivity index (χ2v) is 7.25. The third-order valence-electron chi connectivity index (χ3n) is 3.75. The van der Waals surface area contributed by atoms with E-state index in [1.54, 1.807) is 28.7 Å². The molecule has 1 fully saturated rings. The molecule has 3 nitrogen and oxygen atoms in total. The normalized spacial score (nSPS) is 16.2. The number of carbonyl (C=O) groups excluding carboxylic acids is 1. The van der Waals surface area contributed by atoms with E-state index in [2.05, 4.69) is 11.4 Å². The Morgan fingerprint density at radius 1 is 1.23 bits per heavy atom. The van der Waals surface area contributed by atoms with Gasteiger partial charge in [-0.05, 0) is 41.8 Å². The standard InChI is InChI=1S/C17H19NO2S2/c19-17(6-5-15-3-1-11-21-15)18(13-16-4-2-12-22-16)14-7-9-20-10-8-14/h1-6,11-12,14H,7-10,13H2/b6-5+. The van der Waals surface area contributed by atoms with Crippen molar-refractivity contribution in [3.8, 4) is 0 Å². The number of rotatable bonds is 5. The number of hydrogen-bond acceptors (Lipinski definition) is 4. The van der Waals surface area contributed by atoms with Crippen LogP contribution in [-0.2, 0) is 16.1 Å². The molecule has 0 bridgehead atoms. The molecular weight excluding hydrogens is 314 g/mol. The molecule has 0 aromatic carbocycles. The molecule has 22 heavy (non-hydrogen) atoms. The van der Waals surface area contributed by atoms with E-state index >= 15 is 0 Å². The average molecular weight is 333 g/mol. The van der Waals surface area contributed by atoms with Crippen molar-refractivity contribution >= 4 is 34.7 Å². The molecule has 3 rings (SSSR count). The zero-order chi connectivity index (χ0) is 15.2. The highest BCUT2D eigenvalue weighted by Crippen LogP contribution is 2.21. The van der Waals surface area contributed by atoms with Gasteiger partial charge in [-0.3, -0.25) is 4.79 Å². The van der Waals surface area contributed by atoms with Crippen molar-refractivity contribution in [1.29, 1.82) is 0 Å². The van der Waals surface area contributed by atoms with Crippen LogP contribution < -0.4 is 0 Å². The quantitative estimate of drug-likeness (QED) is 0.773. The molecule has 5 heteroatoms. The number of carbonyl (C=O) groups is 1. The van der Waals surface area contributed by atoms with Crippen molar-refractivity contribution < 1.29 is 9.53 Å². The molecule has 2 aromatic rings. The van der Waals surface area contributed by atoms with Crippen molar-refractivity contribution in [1.82, 2.24) is 4.90 Å². The molecule has 3 heterocycles. The first-order chi connectivity index (χ1) is 10.8. The minimum Gasteiger partial charge on any atom is -0.381 e. The molecule has 0 atom stereocenters. The monoisotopic (exact) mass is 333 g/mol. The van der Waals surface area contributed by atoms with E-state index in [0.717, 1.165) is 30.9 Å². The first-order valence-corrected chi connectivity index (χ1v) is 9.21. The summed E-state index contributed by atoms with van der Waals surface area (Å²) in [5, 5.41) is 4.08. The fourth-order valence-electron chi connectivity index (χ4n) is 2.59. The number of thiophene rings is 2. The van der Waals surface area contributed by atoms with Gasteiger partial charge >= 0.3 is 0 Å². The second-order valence-electron chi connectivity index (χ2n) is 5.24. The minimum absolute atomic E-state index is 0.0914. The van der Waals surface area contributed by atoms with Crippen molar-refractivity contribution in [3.63, 3.8) is 0 Å². The Bertz CT molecular complexity index is 599. The lowest BCUT2D eigenvalue weighted by atomic mass is 10.1. The molecule has 0 N–H and O–H groups in total. The topological polar surface area (TPSA) is 29.5 Å². The van der Waals surface area contributed by atoms with Gasteiger partial charge < -0.3 is 9.64 Å². The molecule has 1 saturated heterocycles. The molecule has 0 unspecified atom stereocenters. The van der Waals surface area contributed by atoms with Crippen LogP contribution in [0.15, 0.2) is 41.1 Å². The Morgan fingerprint density at radius 3 is 2.68 bits per heavy atom. The van der Waals surface area contributed by atoms with E-state index in [1.807, 2.05) is 34.6 Å². The highest BCUT2D eigenvalue weighted by atomic mass is 32.1. The summed E-state index contributed by atoms with van der Waals surface area (Å²) in [7, 11) is 0. The molecule has 0 spiro atoms. The molecule has 1 aliphatic heterocycles. The largest absolute Gasteiger partial charge is 0.381 e. The maximum absolute atomic E-state index is 12.7. The van der Waals surface area contributed by atoms with E-state index < -0.39 is 0 Å². The van der Waals surface area contributed by atoms with Gasteiger partial charge in [0.25, 0.3) is 0 Å². The number of hydrogen-bond donors (Lipinski definition) is 0. The Hall–Kier alpha value is -1.43. The van der Waals surface area contributed by atoms with E-state index in [4.69, 9.17) is 4.74 Å². The summed E-state index contributed by atoms with van der Waals surface area (Å²) in [5.41, 5.74) is 0. The minimum atomic E-state index is 0.0914. The highest BCUT2D eigenvalue weighted by molar-refractivity contribution is 7.10. The van der Waals surface area contributed by atoms with Crippen LogP contribution in [0.25, 0.3) is 6.08 Å². The summed E-state index contributed by atoms with van der Waals surface area (Å²) in [5.74, 6) is 0.0914. The number of nitrogens with zero attached hydrogens (tertiary/aromatic N) is 1. The second kappa shape index (κ2) is 7.72. The van der Waals surface area contributed by atoms with Gasteiger partial charge in [0.1, 0.15) is 0 Å². The van der Waals surface area contributed by atoms with Gasteiger partial charge in [0.2, 0.25) is 5.91 Å². The molecular formula is C17H19NO2S2. The van der Waals surface area contributed by atoms with Crippen LogP contribution in [-0.4, -0.2) is 30.1 Å². The van der Waals surface area contributed by atoms with Gasteiger partial charge in [-0.1, -0.05) is 12.1 Å². The summed E-state index contributed by atoms with van der Waals surface area (Å²) in [6.07, 6.45) is 5.45. The summed E-state index contributed by atoms with van der Waals surface area (Å²) in [6, 6.07) is 8.42. The first-order valence-electron chi connectivity index (χ1n) is 7.45. The van der Waals surface area contributed by atoms with Gasteiger partial charge in [-0.15, -0.1) is 22.7 Å². The lowest BCUT2D eigenvalue weighted by Crippen LogP contribution is -2.42. The smallest absolute Gasteiger partial charge is 0.247 e. The van der Waals surface area contributed by atoms with Crippen LogP contribution in [0.5, 0.6) is 0 Å². The van der Waals surface area contributed by atoms with Gasteiger partial charge in [0.15, 0.2) is 0 Å². The van der Waals surface area contributed by atoms with Crippen LogP contribution in [0.4, 0.5) is 0 Å². The number of amides is 1. The maximum Gasteiger partial charge on any atom is 0.247 e. The molecule has 2 aromatic heterocycles. The van der Waals surface area contributed by atoms with E-state index in [1.165, 1.54) is 4.88 Å². The van der Waals surface area contributed by atoms with E-state index in [-0.39, 0.29) is 11.9 Å². The summed E-state index contributed by atoms with van der Waals surface area (Å²) in [6.45, 7) is 2.18. The predicted molar refractivity (Wildman–Crippen MR) is 92.1 cm³/mol. The molecule has 1 aliphatic rings. The van der Waals surface area contributed by atoms with E-state index in [9.17, 15) is 4.79 Å². The van der Waals surface area contributed by atoms with Gasteiger partial charge in [0.05, 0.1) is 6.54 Å². The lowest BCUT2D eigenvalue weighted by molar-refractivity contribution is -0.130. The summed E-state index contributed by atoms with van der Waals surface area (Å²) in [4.78, 5) is 17.0. The first kappa shape index (κ1) is 15.5. The Kier molecular flexibility index (Phi) is 5.43. The van der Waals surface area contributed by atoms with Gasteiger partial charge in [-0.2, -0.15) is 0 Å². The maximum atomic E-state index is 12.7. The molecule has 0 aliphatic carbocycles.